The van der Waals surface area contributed by atoms with Gasteiger partial charge >= 0.3 is 0 Å². The second kappa shape index (κ2) is 14.8. The van der Waals surface area contributed by atoms with Crippen LogP contribution < -0.4 is 19.6 Å². The molecule has 14 rings (SSSR count). The highest BCUT2D eigenvalue weighted by atomic mass is 15.3. The maximum atomic E-state index is 2.55. The quantitative estimate of drug-likeness (QED) is 0.163. The van der Waals surface area contributed by atoms with E-state index >= 15 is 0 Å². The molecule has 10 aromatic carbocycles. The Morgan fingerprint density at radius 1 is 0.406 bits per heavy atom. The van der Waals surface area contributed by atoms with E-state index in [1.54, 1.807) is 0 Å². The van der Waals surface area contributed by atoms with Crippen molar-refractivity contribution in [3.05, 3.63) is 229 Å². The van der Waals surface area contributed by atoms with Crippen molar-refractivity contribution in [1.82, 2.24) is 0 Å². The van der Waals surface area contributed by atoms with Gasteiger partial charge in [0.05, 0.1) is 39.8 Å². The van der Waals surface area contributed by atoms with Crippen LogP contribution in [0.3, 0.4) is 0 Å². The van der Waals surface area contributed by atoms with Crippen molar-refractivity contribution in [2.24, 2.45) is 0 Å². The second-order valence-electron chi connectivity index (χ2n) is 19.7. The van der Waals surface area contributed by atoms with E-state index in [0.29, 0.717) is 0 Å². The fourth-order valence-corrected chi connectivity index (χ4v) is 12.4. The van der Waals surface area contributed by atoms with Crippen LogP contribution in [0.5, 0.6) is 0 Å². The highest BCUT2D eigenvalue weighted by molar-refractivity contribution is 6.23. The Hall–Kier alpha value is -8.34. The predicted molar refractivity (Wildman–Crippen MR) is 293 cm³/mol. The fraction of sp³-hybridized carbons (Fsp3) is 0.108. The number of allylic oxidation sites excluding steroid dienone is 3. The lowest BCUT2D eigenvalue weighted by atomic mass is 9.80. The number of para-hydroxylation sites is 6. The second-order valence-corrected chi connectivity index (χ2v) is 19.7. The number of fused-ring (bicyclic) bond motifs is 9. The van der Waals surface area contributed by atoms with Crippen molar-refractivity contribution in [2.75, 3.05) is 33.7 Å². The maximum Gasteiger partial charge on any atom is 0.0699 e. The van der Waals surface area contributed by atoms with E-state index in [9.17, 15) is 0 Å². The number of nitrogens with zero attached hydrogens (tertiary/aromatic N) is 4. The van der Waals surface area contributed by atoms with Gasteiger partial charge in [-0.15, -0.1) is 0 Å². The predicted octanol–water partition coefficient (Wildman–Crippen LogP) is 17.5. The summed E-state index contributed by atoms with van der Waals surface area (Å²) in [5.74, 6) is 0. The molecule has 0 fully saturated rings. The molecule has 0 bridgehead atoms. The van der Waals surface area contributed by atoms with Crippen molar-refractivity contribution in [2.45, 2.75) is 32.1 Å². The number of anilines is 8. The topological polar surface area (TPSA) is 13.0 Å². The Bertz CT molecular complexity index is 3840. The van der Waals surface area contributed by atoms with Crippen LogP contribution in [0.25, 0.3) is 65.7 Å². The molecule has 0 spiro atoms. The van der Waals surface area contributed by atoms with Crippen LogP contribution in [0.4, 0.5) is 45.5 Å². The molecule has 330 valence electrons. The molecule has 69 heavy (non-hydrogen) atoms. The zero-order chi connectivity index (χ0) is 46.1. The number of likely N-dealkylation sites (N-methyl/N-ethyl adjacent to an activating group) is 1. The maximum absolute atomic E-state index is 2.55. The highest BCUT2D eigenvalue weighted by Gasteiger charge is 2.36. The van der Waals surface area contributed by atoms with E-state index in [1.807, 2.05) is 0 Å². The Labute approximate surface area is 403 Å². The summed E-state index contributed by atoms with van der Waals surface area (Å²) in [7, 11) is 4.39. The van der Waals surface area contributed by atoms with E-state index in [4.69, 9.17) is 0 Å². The molecule has 4 nitrogen and oxygen atoms in total. The molecular weight excluding hydrogens is 837 g/mol. The summed E-state index contributed by atoms with van der Waals surface area (Å²) >= 11 is 0. The molecule has 0 radical (unpaired) electrons. The van der Waals surface area contributed by atoms with Crippen molar-refractivity contribution >= 4 is 77.8 Å². The lowest BCUT2D eigenvalue weighted by Gasteiger charge is -2.41. The molecule has 2 aliphatic heterocycles. The van der Waals surface area contributed by atoms with Gasteiger partial charge in [-0.2, -0.15) is 0 Å². The fourth-order valence-electron chi connectivity index (χ4n) is 12.4. The van der Waals surface area contributed by atoms with Gasteiger partial charge in [0.15, 0.2) is 0 Å². The monoisotopic (exact) mass is 886 g/mol. The lowest BCUT2D eigenvalue weighted by Crippen LogP contribution is -2.32. The molecule has 10 aromatic rings. The van der Waals surface area contributed by atoms with Crippen molar-refractivity contribution < 1.29 is 0 Å². The van der Waals surface area contributed by atoms with Gasteiger partial charge in [0.2, 0.25) is 0 Å². The molecule has 4 aliphatic rings. The van der Waals surface area contributed by atoms with Gasteiger partial charge in [-0.1, -0.05) is 141 Å². The van der Waals surface area contributed by atoms with Crippen molar-refractivity contribution in [3.8, 4) is 33.4 Å². The largest absolute Gasteiger partial charge is 0.341 e. The Morgan fingerprint density at radius 2 is 0.928 bits per heavy atom. The number of rotatable bonds is 4. The lowest BCUT2D eigenvalue weighted by molar-refractivity contribution is 0.660. The normalized spacial score (nSPS) is 15.3. The Kier molecular flexibility index (Phi) is 8.55. The minimum absolute atomic E-state index is 0.153. The summed E-state index contributed by atoms with van der Waals surface area (Å²) in [4.78, 5) is 9.70. The van der Waals surface area contributed by atoms with Gasteiger partial charge < -0.3 is 19.6 Å². The molecule has 0 atom stereocenters. The number of hydrogen-bond donors (Lipinski definition) is 0. The first kappa shape index (κ1) is 39.8. The SMILES string of the molecule is CN1C2=C(CCC=C2)N(c2ccc3c(-c4ccc5ccccc5c4)c4cc(N5c6ccccc6N(C)c6ccccc65)ccc4c(-c4ccc5c(c4)C(C)(C)c4ccccc4-5)c3c2)c2ccccc21. The smallest absolute Gasteiger partial charge is 0.0699 e. The first-order valence-electron chi connectivity index (χ1n) is 24.4. The minimum atomic E-state index is -0.153. The molecule has 4 heteroatoms. The van der Waals surface area contributed by atoms with E-state index < -0.39 is 0 Å². The van der Waals surface area contributed by atoms with E-state index in [0.717, 1.165) is 29.9 Å². The molecule has 0 saturated carbocycles. The number of hydrogen-bond acceptors (Lipinski definition) is 4. The molecule has 2 heterocycles. The van der Waals surface area contributed by atoms with Gasteiger partial charge in [0.1, 0.15) is 0 Å². The van der Waals surface area contributed by atoms with Crippen molar-refractivity contribution in [1.29, 1.82) is 0 Å². The first-order valence-corrected chi connectivity index (χ1v) is 24.4. The van der Waals surface area contributed by atoms with Crippen LogP contribution in [-0.4, -0.2) is 14.1 Å². The first-order chi connectivity index (χ1) is 33.8. The molecule has 2 aliphatic carbocycles. The Balaban J connectivity index is 1.10. The zero-order valence-electron chi connectivity index (χ0n) is 39.3. The van der Waals surface area contributed by atoms with Crippen molar-refractivity contribution in [3.63, 3.8) is 0 Å². The van der Waals surface area contributed by atoms with Gasteiger partial charge in [-0.05, 0) is 169 Å². The average Bonchev–Trinajstić information content (AvgIpc) is 3.62. The summed E-state index contributed by atoms with van der Waals surface area (Å²) in [5.41, 5.74) is 22.2. The van der Waals surface area contributed by atoms with Crippen LogP contribution in [0.1, 0.15) is 37.8 Å². The minimum Gasteiger partial charge on any atom is -0.341 e. The van der Waals surface area contributed by atoms with Gasteiger partial charge in [0, 0.05) is 36.6 Å². The molecule has 0 amide bonds. The van der Waals surface area contributed by atoms with Crippen LogP contribution in [0.2, 0.25) is 0 Å². The average molecular weight is 887 g/mol. The van der Waals surface area contributed by atoms with Gasteiger partial charge in [-0.3, -0.25) is 0 Å². The standard InChI is InChI=1S/C65H50N4/c1-65(2)53-20-8-7-19-47(53)48-34-31-44(38-54(48)65)64-50-36-33-45(68-59-25-13-9-21-55(59)66(3)56-22-10-14-26-60(56)68)39-51(50)63(43-30-29-41-17-5-6-18-42(41)37-43)49-35-32-46(40-52(49)64)69-61-27-15-11-23-57(61)67(4)58-24-12-16-28-62(58)69/h5-15,17-27,29-40H,16,28H2,1-4H3. The van der Waals surface area contributed by atoms with Crippen LogP contribution in [0, 0.1) is 0 Å². The highest BCUT2D eigenvalue weighted by Crippen LogP contribution is 2.55. The van der Waals surface area contributed by atoms with Gasteiger partial charge in [-0.25, -0.2) is 0 Å². The van der Waals surface area contributed by atoms with Gasteiger partial charge in [0.25, 0.3) is 0 Å². The van der Waals surface area contributed by atoms with E-state index in [2.05, 4.69) is 254 Å². The van der Waals surface area contributed by atoms with E-state index in [-0.39, 0.29) is 5.41 Å². The molecule has 0 N–H and O–H groups in total. The summed E-state index contributed by atoms with van der Waals surface area (Å²) < 4.78 is 0. The molecule has 0 aromatic heterocycles. The molecular formula is C65H50N4. The van der Waals surface area contributed by atoms with Crippen LogP contribution >= 0.6 is 0 Å². The number of benzene rings is 10. The molecule has 0 unspecified atom stereocenters. The van der Waals surface area contributed by atoms with Crippen LogP contribution in [0.15, 0.2) is 218 Å². The van der Waals surface area contributed by atoms with E-state index in [1.165, 1.54) is 117 Å². The summed E-state index contributed by atoms with van der Waals surface area (Å²) in [5, 5.41) is 7.40. The van der Waals surface area contributed by atoms with Crippen LogP contribution in [-0.2, 0) is 5.41 Å². The third-order valence-corrected chi connectivity index (χ3v) is 15.7. The summed E-state index contributed by atoms with van der Waals surface area (Å²) in [6.45, 7) is 4.79. The summed E-state index contributed by atoms with van der Waals surface area (Å²) in [6, 6.07) is 73.2. The third kappa shape index (κ3) is 5.75. The zero-order valence-corrected chi connectivity index (χ0v) is 39.3. The third-order valence-electron chi connectivity index (χ3n) is 15.7. The summed E-state index contributed by atoms with van der Waals surface area (Å²) in [6.07, 6.45) is 6.62. The Morgan fingerprint density at radius 3 is 1.61 bits per heavy atom. The molecule has 0 saturated heterocycles.